The van der Waals surface area contributed by atoms with Crippen molar-refractivity contribution in [1.82, 2.24) is 10.4 Å². The third-order valence-electron chi connectivity index (χ3n) is 3.30. The van der Waals surface area contributed by atoms with E-state index in [0.29, 0.717) is 5.69 Å². The van der Waals surface area contributed by atoms with E-state index in [4.69, 9.17) is 4.84 Å². The van der Waals surface area contributed by atoms with Crippen LogP contribution in [-0.4, -0.2) is 29.2 Å². The highest BCUT2D eigenvalue weighted by Crippen LogP contribution is 2.28. The van der Waals surface area contributed by atoms with Crippen molar-refractivity contribution < 1.29 is 19.2 Å². The van der Waals surface area contributed by atoms with Crippen LogP contribution in [0, 0.1) is 0 Å². The molecule has 0 aliphatic carbocycles. The summed E-state index contributed by atoms with van der Waals surface area (Å²) < 4.78 is 0. The Kier molecular flexibility index (Phi) is 3.44. The molecule has 0 spiro atoms. The van der Waals surface area contributed by atoms with Crippen LogP contribution in [0.5, 0.6) is 0 Å². The van der Waals surface area contributed by atoms with Gasteiger partial charge in [-0.1, -0.05) is 12.1 Å². The number of fused-ring (bicyclic) bond motifs is 1. The Morgan fingerprint density at radius 2 is 1.90 bits per heavy atom. The summed E-state index contributed by atoms with van der Waals surface area (Å²) in [5.41, 5.74) is 7.01. The lowest BCUT2D eigenvalue weighted by Gasteiger charge is -2.17. The van der Waals surface area contributed by atoms with E-state index in [-0.39, 0.29) is 37.6 Å². The van der Waals surface area contributed by atoms with Crippen molar-refractivity contribution >= 4 is 29.2 Å². The summed E-state index contributed by atoms with van der Waals surface area (Å²) in [5, 5.41) is 1.21. The number of hydrazine groups is 2. The number of carbonyl (C=O) groups is 3. The fraction of sp³-hybridized carbons (Fsp3) is 0.308. The lowest BCUT2D eigenvalue weighted by molar-refractivity contribution is -0.147. The van der Waals surface area contributed by atoms with Crippen LogP contribution in [0.25, 0.3) is 0 Å². The molecule has 1 fully saturated rings. The minimum absolute atomic E-state index is 0.0438. The summed E-state index contributed by atoms with van der Waals surface area (Å²) in [6, 6.07) is 7.28. The zero-order valence-electron chi connectivity index (χ0n) is 11.2. The average Bonchev–Trinajstić information content (AvgIpc) is 3.02. The van der Waals surface area contributed by atoms with Crippen molar-refractivity contribution in [3.8, 4) is 0 Å². The van der Waals surface area contributed by atoms with Crippen LogP contribution in [0.2, 0.25) is 0 Å². The van der Waals surface area contributed by atoms with Gasteiger partial charge in [-0.25, -0.2) is 4.79 Å². The van der Waals surface area contributed by atoms with Gasteiger partial charge >= 0.3 is 5.97 Å². The first-order chi connectivity index (χ1) is 10.1. The van der Waals surface area contributed by atoms with Crippen LogP contribution in [-0.2, 0) is 19.2 Å². The molecule has 1 aromatic rings. The summed E-state index contributed by atoms with van der Waals surface area (Å²) in [7, 11) is 0. The van der Waals surface area contributed by atoms with Gasteiger partial charge in [-0.05, 0) is 12.1 Å². The van der Waals surface area contributed by atoms with E-state index in [9.17, 15) is 14.4 Å². The minimum atomic E-state index is -0.534. The monoisotopic (exact) mass is 290 g/mol. The van der Waals surface area contributed by atoms with Gasteiger partial charge in [0.1, 0.15) is 5.69 Å². The lowest BCUT2D eigenvalue weighted by Crippen LogP contribution is -2.39. The molecule has 2 amide bonds. The fourth-order valence-electron chi connectivity index (χ4n) is 2.22. The van der Waals surface area contributed by atoms with Gasteiger partial charge in [0.05, 0.1) is 12.1 Å². The first-order valence-electron chi connectivity index (χ1n) is 6.60. The molecule has 0 radical (unpaired) electrons. The van der Waals surface area contributed by atoms with Gasteiger partial charge in [-0.2, -0.15) is 0 Å². The lowest BCUT2D eigenvalue weighted by atomic mass is 10.3. The molecule has 2 heterocycles. The van der Waals surface area contributed by atoms with Gasteiger partial charge in [-0.3, -0.25) is 19.9 Å². The number of imide groups is 1. The zero-order valence-corrected chi connectivity index (χ0v) is 11.2. The number of para-hydroxylation sites is 2. The number of benzene rings is 1. The highest BCUT2D eigenvalue weighted by atomic mass is 16.7. The SMILES string of the molecule is O=C(CCN1C(=O)CCC1=O)ON1NNc2ccccc21. The van der Waals surface area contributed by atoms with E-state index >= 15 is 0 Å². The third-order valence-corrected chi connectivity index (χ3v) is 3.30. The second-order valence-corrected chi connectivity index (χ2v) is 4.70. The van der Waals surface area contributed by atoms with Crippen molar-refractivity contribution in [2.75, 3.05) is 17.1 Å². The maximum atomic E-state index is 11.8. The number of carbonyl (C=O) groups excluding carboxylic acids is 3. The van der Waals surface area contributed by atoms with Crippen molar-refractivity contribution in [3.05, 3.63) is 24.3 Å². The standard InChI is InChI=1S/C13H14N4O4/c18-11-5-6-12(19)16(11)8-7-13(20)21-17-10-4-2-1-3-9(10)14-15-17/h1-4,14-15H,5-8H2. The van der Waals surface area contributed by atoms with E-state index in [1.54, 1.807) is 6.07 Å². The van der Waals surface area contributed by atoms with Crippen LogP contribution >= 0.6 is 0 Å². The molecule has 8 heteroatoms. The van der Waals surface area contributed by atoms with Crippen LogP contribution < -0.4 is 16.1 Å². The molecule has 0 atom stereocenters. The molecule has 0 saturated carbocycles. The van der Waals surface area contributed by atoms with Crippen LogP contribution in [0.3, 0.4) is 0 Å². The predicted octanol–water partition coefficient (Wildman–Crippen LogP) is 0.335. The molecule has 2 N–H and O–H groups in total. The molecule has 0 bridgehead atoms. The number of nitrogens with one attached hydrogen (secondary N) is 2. The number of anilines is 2. The van der Waals surface area contributed by atoms with E-state index in [1.165, 1.54) is 5.17 Å². The summed E-state index contributed by atoms with van der Waals surface area (Å²) >= 11 is 0. The quantitative estimate of drug-likeness (QED) is 0.772. The molecule has 110 valence electrons. The first kappa shape index (κ1) is 13.4. The Hall–Kier alpha value is -2.61. The summed E-state index contributed by atoms with van der Waals surface area (Å²) in [4.78, 5) is 40.9. The molecule has 21 heavy (non-hydrogen) atoms. The first-order valence-corrected chi connectivity index (χ1v) is 6.60. The minimum Gasteiger partial charge on any atom is -0.324 e. The molecule has 1 saturated heterocycles. The van der Waals surface area contributed by atoms with Crippen molar-refractivity contribution in [2.24, 2.45) is 0 Å². The second-order valence-electron chi connectivity index (χ2n) is 4.70. The molecule has 3 rings (SSSR count). The molecule has 2 aliphatic rings. The smallest absolute Gasteiger partial charge is 0.324 e. The largest absolute Gasteiger partial charge is 0.336 e. The third kappa shape index (κ3) is 2.65. The number of likely N-dealkylation sites (tertiary alicyclic amines) is 1. The maximum Gasteiger partial charge on any atom is 0.336 e. The van der Waals surface area contributed by atoms with Crippen molar-refractivity contribution in [3.63, 3.8) is 0 Å². The predicted molar refractivity (Wildman–Crippen MR) is 72.3 cm³/mol. The van der Waals surface area contributed by atoms with Gasteiger partial charge in [0, 0.05) is 19.4 Å². The highest BCUT2D eigenvalue weighted by molar-refractivity contribution is 6.02. The molecule has 1 aromatic carbocycles. The number of hydrogen-bond acceptors (Lipinski definition) is 7. The number of rotatable bonds is 4. The Balaban J connectivity index is 1.54. The highest BCUT2D eigenvalue weighted by Gasteiger charge is 2.29. The van der Waals surface area contributed by atoms with E-state index in [0.717, 1.165) is 10.6 Å². The molecule has 8 nitrogen and oxygen atoms in total. The molecular formula is C13H14N4O4. The van der Waals surface area contributed by atoms with Gasteiger partial charge in [0.2, 0.25) is 11.8 Å². The average molecular weight is 290 g/mol. The number of amides is 2. The topological polar surface area (TPSA) is 91.0 Å². The Morgan fingerprint density at radius 1 is 1.19 bits per heavy atom. The van der Waals surface area contributed by atoms with Gasteiger partial charge < -0.3 is 4.84 Å². The fourth-order valence-corrected chi connectivity index (χ4v) is 2.22. The summed E-state index contributed by atoms with van der Waals surface area (Å²) in [5.74, 6) is -1.01. The Morgan fingerprint density at radius 3 is 2.67 bits per heavy atom. The van der Waals surface area contributed by atoms with Crippen molar-refractivity contribution in [1.29, 1.82) is 0 Å². The van der Waals surface area contributed by atoms with Gasteiger partial charge in [0.25, 0.3) is 0 Å². The number of hydrogen-bond donors (Lipinski definition) is 2. The molecular weight excluding hydrogens is 276 g/mol. The molecule has 0 unspecified atom stereocenters. The van der Waals surface area contributed by atoms with E-state index < -0.39 is 5.97 Å². The van der Waals surface area contributed by atoms with Crippen LogP contribution in [0.15, 0.2) is 24.3 Å². The number of nitrogens with zero attached hydrogens (tertiary/aromatic N) is 2. The summed E-state index contributed by atoms with van der Waals surface area (Å²) in [6.07, 6.45) is 0.398. The van der Waals surface area contributed by atoms with Crippen molar-refractivity contribution in [2.45, 2.75) is 19.3 Å². The maximum absolute atomic E-state index is 11.8. The molecule has 2 aliphatic heterocycles. The van der Waals surface area contributed by atoms with E-state index in [2.05, 4.69) is 11.0 Å². The summed E-state index contributed by atoms with van der Waals surface area (Å²) in [6.45, 7) is 0.0550. The molecule has 0 aromatic heterocycles. The van der Waals surface area contributed by atoms with Crippen LogP contribution in [0.4, 0.5) is 11.4 Å². The van der Waals surface area contributed by atoms with Crippen LogP contribution in [0.1, 0.15) is 19.3 Å². The van der Waals surface area contributed by atoms with E-state index in [1.807, 2.05) is 18.2 Å². The Bertz CT molecular complexity index is 588. The normalized spacial score (nSPS) is 17.0. The van der Waals surface area contributed by atoms with Gasteiger partial charge in [-0.15, -0.1) is 10.7 Å². The van der Waals surface area contributed by atoms with Gasteiger partial charge in [0.15, 0.2) is 0 Å². The second kappa shape index (κ2) is 5.41. The zero-order chi connectivity index (χ0) is 14.8. The Labute approximate surface area is 120 Å².